The largest absolute Gasteiger partial charge is 0.267 e. The maximum Gasteiger partial charge on any atom is 0.267 e. The van der Waals surface area contributed by atoms with Gasteiger partial charge in [0, 0.05) is 29.3 Å². The molecule has 0 radical (unpaired) electrons. The zero-order valence-electron chi connectivity index (χ0n) is 8.69. The molecule has 0 bridgehead atoms. The lowest BCUT2D eigenvalue weighted by Crippen LogP contribution is -2.20. The number of halogens is 1. The number of rotatable bonds is 2. The second-order valence-corrected chi connectivity index (χ2v) is 5.99. The molecule has 0 amide bonds. The summed E-state index contributed by atoms with van der Waals surface area (Å²) in [7, 11) is -3.54. The Labute approximate surface area is 108 Å². The molecule has 2 rings (SSSR count). The minimum Gasteiger partial charge on any atom is -0.263 e. The van der Waals surface area contributed by atoms with E-state index in [2.05, 4.69) is 20.9 Å². The van der Waals surface area contributed by atoms with Gasteiger partial charge in [0.1, 0.15) is 0 Å². The van der Waals surface area contributed by atoms with E-state index >= 15 is 0 Å². The third-order valence-corrected chi connectivity index (χ3v) is 4.29. The molecule has 1 aliphatic heterocycles. The Morgan fingerprint density at radius 3 is 2.53 bits per heavy atom. The fourth-order valence-electron chi connectivity index (χ4n) is 1.27. The standard InChI is InChI=1S/C11H9BrN2O2S/c12-10-2-4-11(5-3-10)17(15,16)14-8-1-6-13-7-9-14/h1-9H. The smallest absolute Gasteiger partial charge is 0.263 e. The SMILES string of the molecule is O=S(=O)(c1ccc(Br)cc1)N1C=CC=NC=C1. The lowest BCUT2D eigenvalue weighted by molar-refractivity contribution is 0.553. The average molecular weight is 313 g/mol. The molecule has 1 aromatic rings. The Bertz CT molecular complexity index is 572. The second-order valence-electron chi connectivity index (χ2n) is 3.23. The van der Waals surface area contributed by atoms with Gasteiger partial charge in [-0.05, 0) is 30.3 Å². The van der Waals surface area contributed by atoms with Crippen LogP contribution in [0.4, 0.5) is 0 Å². The molecular formula is C11H9BrN2O2S. The summed E-state index contributed by atoms with van der Waals surface area (Å²) in [4.78, 5) is 4.07. The average Bonchev–Trinajstić information content (AvgIpc) is 2.58. The number of allylic oxidation sites excluding steroid dienone is 1. The van der Waals surface area contributed by atoms with Crippen LogP contribution in [0.25, 0.3) is 0 Å². The molecule has 0 unspecified atom stereocenters. The number of sulfonamides is 1. The maximum absolute atomic E-state index is 12.2. The maximum atomic E-state index is 12.2. The topological polar surface area (TPSA) is 49.7 Å². The minimum absolute atomic E-state index is 0.233. The Balaban J connectivity index is 2.39. The summed E-state index contributed by atoms with van der Waals surface area (Å²) in [5, 5.41) is 0. The van der Waals surface area contributed by atoms with Crippen molar-refractivity contribution < 1.29 is 8.42 Å². The van der Waals surface area contributed by atoms with Crippen LogP contribution in [0, 0.1) is 0 Å². The van der Waals surface area contributed by atoms with Gasteiger partial charge in [-0.2, -0.15) is 0 Å². The van der Waals surface area contributed by atoms with Gasteiger partial charge < -0.3 is 0 Å². The van der Waals surface area contributed by atoms with E-state index in [-0.39, 0.29) is 4.90 Å². The van der Waals surface area contributed by atoms with Crippen molar-refractivity contribution in [2.24, 2.45) is 4.99 Å². The first-order chi connectivity index (χ1) is 8.10. The van der Waals surface area contributed by atoms with Crippen molar-refractivity contribution in [3.8, 4) is 0 Å². The lowest BCUT2D eigenvalue weighted by atomic mass is 10.4. The molecule has 0 aliphatic carbocycles. The molecule has 0 atom stereocenters. The van der Waals surface area contributed by atoms with E-state index in [1.807, 2.05) is 0 Å². The third kappa shape index (κ3) is 2.65. The highest BCUT2D eigenvalue weighted by molar-refractivity contribution is 9.10. The first kappa shape index (κ1) is 12.1. The van der Waals surface area contributed by atoms with Gasteiger partial charge in [0.15, 0.2) is 0 Å². The number of nitrogens with zero attached hydrogens (tertiary/aromatic N) is 2. The van der Waals surface area contributed by atoms with Gasteiger partial charge in [-0.3, -0.25) is 4.99 Å². The van der Waals surface area contributed by atoms with E-state index in [0.717, 1.165) is 8.78 Å². The predicted molar refractivity (Wildman–Crippen MR) is 69.9 cm³/mol. The number of benzene rings is 1. The quantitative estimate of drug-likeness (QED) is 0.842. The van der Waals surface area contributed by atoms with Crippen molar-refractivity contribution in [1.29, 1.82) is 0 Å². The molecule has 1 heterocycles. The highest BCUT2D eigenvalue weighted by atomic mass is 79.9. The molecule has 0 spiro atoms. The molecule has 0 saturated carbocycles. The number of hydrogen-bond acceptors (Lipinski definition) is 3. The van der Waals surface area contributed by atoms with E-state index in [1.165, 1.54) is 24.8 Å². The van der Waals surface area contributed by atoms with Gasteiger partial charge in [-0.25, -0.2) is 12.7 Å². The molecule has 0 aromatic heterocycles. The van der Waals surface area contributed by atoms with Crippen molar-refractivity contribution in [2.75, 3.05) is 0 Å². The van der Waals surface area contributed by atoms with Gasteiger partial charge in [-0.15, -0.1) is 0 Å². The summed E-state index contributed by atoms with van der Waals surface area (Å²) in [6, 6.07) is 6.48. The second kappa shape index (κ2) is 4.85. The molecule has 1 aliphatic rings. The highest BCUT2D eigenvalue weighted by Crippen LogP contribution is 2.19. The van der Waals surface area contributed by atoms with Crippen LogP contribution in [0.15, 0.2) is 63.3 Å². The van der Waals surface area contributed by atoms with E-state index in [0.29, 0.717) is 0 Å². The van der Waals surface area contributed by atoms with E-state index in [4.69, 9.17) is 0 Å². The van der Waals surface area contributed by atoms with Gasteiger partial charge in [0.2, 0.25) is 0 Å². The Kier molecular flexibility index (Phi) is 3.44. The summed E-state index contributed by atoms with van der Waals surface area (Å²) in [5.74, 6) is 0. The lowest BCUT2D eigenvalue weighted by Gasteiger charge is -2.14. The van der Waals surface area contributed by atoms with Gasteiger partial charge >= 0.3 is 0 Å². The summed E-state index contributed by atoms with van der Waals surface area (Å²) >= 11 is 3.26. The Hall–Kier alpha value is -1.40. The fourth-order valence-corrected chi connectivity index (χ4v) is 2.70. The van der Waals surface area contributed by atoms with Crippen LogP contribution < -0.4 is 0 Å². The fraction of sp³-hybridized carbons (Fsp3) is 0. The highest BCUT2D eigenvalue weighted by Gasteiger charge is 2.19. The van der Waals surface area contributed by atoms with Crippen LogP contribution in [0.5, 0.6) is 0 Å². The first-order valence-electron chi connectivity index (χ1n) is 4.76. The van der Waals surface area contributed by atoms with Crippen molar-refractivity contribution in [3.05, 3.63) is 53.4 Å². The molecule has 6 heteroatoms. The molecule has 0 fully saturated rings. The monoisotopic (exact) mass is 312 g/mol. The molecule has 0 N–H and O–H groups in total. The van der Waals surface area contributed by atoms with Crippen LogP contribution in [0.3, 0.4) is 0 Å². The molecular weight excluding hydrogens is 304 g/mol. The van der Waals surface area contributed by atoms with Crippen LogP contribution >= 0.6 is 15.9 Å². The third-order valence-electron chi connectivity index (χ3n) is 2.09. The van der Waals surface area contributed by atoms with Crippen molar-refractivity contribution in [2.45, 2.75) is 4.90 Å². The first-order valence-corrected chi connectivity index (χ1v) is 7.00. The Morgan fingerprint density at radius 2 is 1.82 bits per heavy atom. The number of aliphatic imine (C=N–C) groups is 1. The van der Waals surface area contributed by atoms with Gasteiger partial charge in [0.25, 0.3) is 10.0 Å². The predicted octanol–water partition coefficient (Wildman–Crippen LogP) is 2.51. The van der Waals surface area contributed by atoms with Crippen LogP contribution in [-0.4, -0.2) is 18.9 Å². The van der Waals surface area contributed by atoms with Crippen molar-refractivity contribution in [3.63, 3.8) is 0 Å². The normalized spacial score (nSPS) is 15.0. The van der Waals surface area contributed by atoms with Crippen molar-refractivity contribution in [1.82, 2.24) is 4.31 Å². The zero-order chi connectivity index (χ0) is 12.3. The van der Waals surface area contributed by atoms with Crippen LogP contribution in [-0.2, 0) is 10.0 Å². The minimum atomic E-state index is -3.54. The molecule has 88 valence electrons. The summed E-state index contributed by atoms with van der Waals surface area (Å²) in [6.07, 6.45) is 7.36. The summed E-state index contributed by atoms with van der Waals surface area (Å²) in [5.41, 5.74) is 0. The molecule has 1 aromatic carbocycles. The van der Waals surface area contributed by atoms with Gasteiger partial charge in [0.05, 0.1) is 4.90 Å². The van der Waals surface area contributed by atoms with E-state index in [9.17, 15) is 8.42 Å². The molecule has 0 saturated heterocycles. The Morgan fingerprint density at radius 1 is 1.12 bits per heavy atom. The van der Waals surface area contributed by atoms with E-state index in [1.54, 1.807) is 30.3 Å². The van der Waals surface area contributed by atoms with Crippen LogP contribution in [0.2, 0.25) is 0 Å². The summed E-state index contributed by atoms with van der Waals surface area (Å²) < 4.78 is 26.4. The molecule has 17 heavy (non-hydrogen) atoms. The van der Waals surface area contributed by atoms with Crippen molar-refractivity contribution >= 4 is 32.2 Å². The van der Waals surface area contributed by atoms with E-state index < -0.39 is 10.0 Å². The summed E-state index contributed by atoms with van der Waals surface area (Å²) in [6.45, 7) is 0. The molecule has 4 nitrogen and oxygen atoms in total. The van der Waals surface area contributed by atoms with Crippen LogP contribution in [0.1, 0.15) is 0 Å². The van der Waals surface area contributed by atoms with Gasteiger partial charge in [-0.1, -0.05) is 15.9 Å². The zero-order valence-corrected chi connectivity index (χ0v) is 11.1. The number of hydrogen-bond donors (Lipinski definition) is 0.